The summed E-state index contributed by atoms with van der Waals surface area (Å²) < 4.78 is 0. The van der Waals surface area contributed by atoms with E-state index in [2.05, 4.69) is 41.2 Å². The van der Waals surface area contributed by atoms with Crippen LogP contribution in [0.5, 0.6) is 0 Å². The van der Waals surface area contributed by atoms with Crippen LogP contribution < -0.4 is 5.32 Å². The number of hydrogen-bond donors (Lipinski definition) is 2. The molecule has 2 N–H and O–H groups in total. The third-order valence-corrected chi connectivity index (χ3v) is 5.01. The summed E-state index contributed by atoms with van der Waals surface area (Å²) in [5.41, 5.74) is 1.51. The van der Waals surface area contributed by atoms with Gasteiger partial charge in [-0.3, -0.25) is 14.7 Å². The number of H-pyrrole nitrogens is 1. The molecular formula is C20H35N5O2. The van der Waals surface area contributed by atoms with Gasteiger partial charge in [-0.15, -0.1) is 0 Å². The molecule has 0 spiro atoms. The Morgan fingerprint density at radius 1 is 1.33 bits per heavy atom. The smallest absolute Gasteiger partial charge is 0.274 e. The van der Waals surface area contributed by atoms with E-state index in [0.717, 1.165) is 25.1 Å². The maximum absolute atomic E-state index is 12.6. The maximum atomic E-state index is 12.6. The van der Waals surface area contributed by atoms with Gasteiger partial charge in [0.05, 0.1) is 0 Å². The normalized spacial score (nSPS) is 16.0. The summed E-state index contributed by atoms with van der Waals surface area (Å²) in [5.74, 6) is 0.0533. The molecule has 152 valence electrons. The number of aryl methyl sites for hydroxylation is 1. The van der Waals surface area contributed by atoms with Crippen LogP contribution in [-0.4, -0.2) is 72.1 Å². The second-order valence-electron chi connectivity index (χ2n) is 8.71. The lowest BCUT2D eigenvalue weighted by Crippen LogP contribution is -2.46. The molecule has 0 atom stereocenters. The minimum atomic E-state index is -0.0421. The van der Waals surface area contributed by atoms with Gasteiger partial charge in [0, 0.05) is 37.8 Å². The first-order chi connectivity index (χ1) is 12.7. The highest BCUT2D eigenvalue weighted by atomic mass is 16.2. The van der Waals surface area contributed by atoms with Gasteiger partial charge in [-0.2, -0.15) is 5.10 Å². The molecule has 1 aromatic heterocycles. The lowest BCUT2D eigenvalue weighted by molar-refractivity contribution is -0.126. The molecule has 0 bridgehead atoms. The first-order valence-corrected chi connectivity index (χ1v) is 9.98. The van der Waals surface area contributed by atoms with Crippen LogP contribution in [0.25, 0.3) is 0 Å². The Morgan fingerprint density at radius 3 is 2.59 bits per heavy atom. The van der Waals surface area contributed by atoms with Gasteiger partial charge >= 0.3 is 0 Å². The molecule has 2 amide bonds. The Morgan fingerprint density at radius 2 is 2.00 bits per heavy atom. The summed E-state index contributed by atoms with van der Waals surface area (Å²) in [6, 6.07) is 1.84. The van der Waals surface area contributed by atoms with Gasteiger partial charge in [0.1, 0.15) is 5.69 Å². The van der Waals surface area contributed by atoms with Crippen molar-refractivity contribution in [2.24, 2.45) is 11.3 Å². The summed E-state index contributed by atoms with van der Waals surface area (Å²) in [6.45, 7) is 9.21. The number of amides is 2. The highest BCUT2D eigenvalue weighted by molar-refractivity contribution is 5.92. The predicted molar refractivity (Wildman–Crippen MR) is 107 cm³/mol. The fourth-order valence-electron chi connectivity index (χ4n) is 3.76. The van der Waals surface area contributed by atoms with Gasteiger partial charge in [0.25, 0.3) is 5.91 Å². The summed E-state index contributed by atoms with van der Waals surface area (Å²) in [5, 5.41) is 10.2. The zero-order valence-corrected chi connectivity index (χ0v) is 17.5. The lowest BCUT2D eigenvalue weighted by Gasteiger charge is -2.32. The molecular weight excluding hydrogens is 342 g/mol. The molecule has 1 fully saturated rings. The SMILES string of the molecule is CCCc1cc(C(=O)N2CCC(C(=O)NCC(C)(C)CN(C)C)CC2)n[nH]1. The molecule has 1 saturated heterocycles. The molecule has 0 saturated carbocycles. The molecule has 1 aliphatic rings. The Hall–Kier alpha value is -1.89. The quantitative estimate of drug-likeness (QED) is 0.725. The van der Waals surface area contributed by atoms with Crippen molar-refractivity contribution in [2.75, 3.05) is 40.3 Å². The van der Waals surface area contributed by atoms with E-state index in [1.807, 2.05) is 25.1 Å². The second-order valence-corrected chi connectivity index (χ2v) is 8.71. The minimum Gasteiger partial charge on any atom is -0.355 e. The number of nitrogens with zero attached hydrogens (tertiary/aromatic N) is 3. The second kappa shape index (κ2) is 9.35. The van der Waals surface area contributed by atoms with Crippen molar-refractivity contribution in [3.63, 3.8) is 0 Å². The van der Waals surface area contributed by atoms with E-state index in [1.54, 1.807) is 0 Å². The van der Waals surface area contributed by atoms with E-state index >= 15 is 0 Å². The molecule has 0 aliphatic carbocycles. The fourth-order valence-corrected chi connectivity index (χ4v) is 3.76. The number of hydrogen-bond acceptors (Lipinski definition) is 4. The standard InChI is InChI=1S/C20H35N5O2/c1-6-7-16-12-17(23-22-16)19(27)25-10-8-15(9-11-25)18(26)21-13-20(2,3)14-24(4)5/h12,15H,6-11,13-14H2,1-5H3,(H,21,26)(H,22,23). The third kappa shape index (κ3) is 6.34. The van der Waals surface area contributed by atoms with Crippen molar-refractivity contribution >= 4 is 11.8 Å². The zero-order valence-electron chi connectivity index (χ0n) is 17.5. The summed E-state index contributed by atoms with van der Waals surface area (Å²) in [4.78, 5) is 29.0. The van der Waals surface area contributed by atoms with Crippen molar-refractivity contribution in [3.8, 4) is 0 Å². The fraction of sp³-hybridized carbons (Fsp3) is 0.750. The highest BCUT2D eigenvalue weighted by Crippen LogP contribution is 2.20. The molecule has 0 aromatic carbocycles. The number of likely N-dealkylation sites (tertiary alicyclic amines) is 1. The lowest BCUT2D eigenvalue weighted by atomic mass is 9.91. The van der Waals surface area contributed by atoms with Gasteiger partial charge in [-0.1, -0.05) is 27.2 Å². The molecule has 7 heteroatoms. The van der Waals surface area contributed by atoms with Gasteiger partial charge in [-0.25, -0.2) is 0 Å². The zero-order chi connectivity index (χ0) is 20.0. The number of carbonyl (C=O) groups excluding carboxylic acids is 2. The van der Waals surface area contributed by atoms with Crippen LogP contribution in [0.15, 0.2) is 6.07 Å². The molecule has 2 rings (SSSR count). The number of rotatable bonds is 8. The predicted octanol–water partition coefficient (Wildman–Crippen LogP) is 1.92. The van der Waals surface area contributed by atoms with Crippen molar-refractivity contribution in [2.45, 2.75) is 46.5 Å². The number of aromatic amines is 1. The van der Waals surface area contributed by atoms with Crippen LogP contribution in [0.1, 0.15) is 56.2 Å². The topological polar surface area (TPSA) is 81.3 Å². The van der Waals surface area contributed by atoms with Crippen molar-refractivity contribution < 1.29 is 9.59 Å². The molecule has 0 radical (unpaired) electrons. The van der Waals surface area contributed by atoms with Crippen LogP contribution in [0, 0.1) is 11.3 Å². The molecule has 1 aromatic rings. The Labute approximate surface area is 162 Å². The molecule has 7 nitrogen and oxygen atoms in total. The molecule has 1 aliphatic heterocycles. The Bertz CT molecular complexity index is 630. The van der Waals surface area contributed by atoms with Crippen molar-refractivity contribution in [1.82, 2.24) is 25.3 Å². The maximum Gasteiger partial charge on any atom is 0.274 e. The summed E-state index contributed by atoms with van der Waals surface area (Å²) in [7, 11) is 4.09. The van der Waals surface area contributed by atoms with E-state index in [1.165, 1.54) is 0 Å². The van der Waals surface area contributed by atoms with Crippen LogP contribution in [0.4, 0.5) is 0 Å². The van der Waals surface area contributed by atoms with E-state index in [-0.39, 0.29) is 23.1 Å². The number of carbonyl (C=O) groups is 2. The van der Waals surface area contributed by atoms with Crippen LogP contribution in [0.3, 0.4) is 0 Å². The molecule has 27 heavy (non-hydrogen) atoms. The van der Waals surface area contributed by atoms with Gasteiger partial charge < -0.3 is 15.1 Å². The average Bonchev–Trinajstić information content (AvgIpc) is 3.07. The first kappa shape index (κ1) is 21.4. The Kier molecular flexibility index (Phi) is 7.41. The van der Waals surface area contributed by atoms with E-state index in [4.69, 9.17) is 0 Å². The van der Waals surface area contributed by atoms with E-state index in [0.29, 0.717) is 38.2 Å². The molecule has 2 heterocycles. The van der Waals surface area contributed by atoms with Crippen LogP contribution in [-0.2, 0) is 11.2 Å². The minimum absolute atomic E-state index is 0.0148. The number of aromatic nitrogens is 2. The van der Waals surface area contributed by atoms with Crippen molar-refractivity contribution in [3.05, 3.63) is 17.5 Å². The van der Waals surface area contributed by atoms with E-state index < -0.39 is 0 Å². The molecule has 0 unspecified atom stereocenters. The van der Waals surface area contributed by atoms with Crippen LogP contribution >= 0.6 is 0 Å². The van der Waals surface area contributed by atoms with Gasteiger partial charge in [-0.05, 0) is 44.8 Å². The Balaban J connectivity index is 1.80. The largest absolute Gasteiger partial charge is 0.355 e. The van der Waals surface area contributed by atoms with Crippen molar-refractivity contribution in [1.29, 1.82) is 0 Å². The third-order valence-electron chi connectivity index (χ3n) is 5.01. The number of piperidine rings is 1. The summed E-state index contributed by atoms with van der Waals surface area (Å²) in [6.07, 6.45) is 3.32. The highest BCUT2D eigenvalue weighted by Gasteiger charge is 2.29. The summed E-state index contributed by atoms with van der Waals surface area (Å²) >= 11 is 0. The van der Waals surface area contributed by atoms with Gasteiger partial charge in [0.2, 0.25) is 5.91 Å². The number of nitrogens with one attached hydrogen (secondary N) is 2. The van der Waals surface area contributed by atoms with Crippen LogP contribution in [0.2, 0.25) is 0 Å². The van der Waals surface area contributed by atoms with E-state index in [9.17, 15) is 9.59 Å². The monoisotopic (exact) mass is 377 g/mol. The average molecular weight is 378 g/mol. The van der Waals surface area contributed by atoms with Gasteiger partial charge in [0.15, 0.2) is 0 Å². The first-order valence-electron chi connectivity index (χ1n) is 9.98.